The number of carbonyl (C=O) groups is 3. The molecule has 0 radical (unpaired) electrons. The molecule has 2 aromatic rings. The van der Waals surface area contributed by atoms with Gasteiger partial charge < -0.3 is 14.5 Å². The monoisotopic (exact) mass is 587 g/mol. The minimum absolute atomic E-state index is 0.0805. The van der Waals surface area contributed by atoms with Crippen LogP contribution in [-0.2, 0) is 20.5 Å². The Hall–Kier alpha value is -2.77. The van der Waals surface area contributed by atoms with Crippen molar-refractivity contribution in [2.45, 2.75) is 44.1 Å². The van der Waals surface area contributed by atoms with Gasteiger partial charge in [-0.1, -0.05) is 11.6 Å². The van der Waals surface area contributed by atoms with Crippen LogP contribution in [0.3, 0.4) is 0 Å². The van der Waals surface area contributed by atoms with Gasteiger partial charge in [0.25, 0.3) is 5.91 Å². The molecule has 0 saturated carbocycles. The van der Waals surface area contributed by atoms with Gasteiger partial charge in [-0.15, -0.1) is 0 Å². The van der Waals surface area contributed by atoms with Gasteiger partial charge in [0, 0.05) is 31.0 Å². The van der Waals surface area contributed by atoms with E-state index in [1.165, 1.54) is 34.1 Å². The Morgan fingerprint density at radius 3 is 2.49 bits per heavy atom. The average Bonchev–Trinajstić information content (AvgIpc) is 3.45. The summed E-state index contributed by atoms with van der Waals surface area (Å²) in [6.07, 6.45) is -0.952. The van der Waals surface area contributed by atoms with Crippen LogP contribution in [-0.4, -0.2) is 87.3 Å². The first-order valence-electron chi connectivity index (χ1n) is 12.4. The van der Waals surface area contributed by atoms with Crippen LogP contribution in [0.25, 0.3) is 5.69 Å². The van der Waals surface area contributed by atoms with Crippen molar-refractivity contribution in [2.75, 3.05) is 38.2 Å². The molecule has 2 aliphatic heterocycles. The van der Waals surface area contributed by atoms with Crippen LogP contribution < -0.4 is 5.32 Å². The Balaban J connectivity index is 1.56. The Morgan fingerprint density at radius 1 is 1.23 bits per heavy atom. The number of aromatic nitrogens is 2. The lowest BCUT2D eigenvalue weighted by Gasteiger charge is -2.44. The van der Waals surface area contributed by atoms with E-state index in [1.54, 1.807) is 18.7 Å². The number of thioether (sulfide) groups is 1. The molecule has 212 valence electrons. The second-order valence-electron chi connectivity index (χ2n) is 9.32. The van der Waals surface area contributed by atoms with Gasteiger partial charge in [0.05, 0.1) is 35.8 Å². The van der Waals surface area contributed by atoms with Crippen LogP contribution in [0.1, 0.15) is 42.2 Å². The van der Waals surface area contributed by atoms with Gasteiger partial charge in [-0.05, 0) is 49.6 Å². The summed E-state index contributed by atoms with van der Waals surface area (Å²) < 4.78 is 48.2. The van der Waals surface area contributed by atoms with Gasteiger partial charge in [0.15, 0.2) is 5.69 Å². The Labute approximate surface area is 233 Å². The quantitative estimate of drug-likeness (QED) is 0.472. The molecule has 2 saturated heterocycles. The van der Waals surface area contributed by atoms with E-state index in [2.05, 4.69) is 10.4 Å². The third-order valence-corrected chi connectivity index (χ3v) is 7.84. The number of hydrogen-bond donors (Lipinski definition) is 1. The summed E-state index contributed by atoms with van der Waals surface area (Å²) in [5.74, 6) is -0.839. The number of amides is 2. The Bertz CT molecular complexity index is 1220. The van der Waals surface area contributed by atoms with Crippen molar-refractivity contribution in [2.24, 2.45) is 0 Å². The molecule has 1 atom stereocenters. The van der Waals surface area contributed by atoms with Gasteiger partial charge in [0.2, 0.25) is 5.91 Å². The fraction of sp³-hybridized carbons (Fsp3) is 0.520. The fourth-order valence-electron chi connectivity index (χ4n) is 5.08. The predicted molar refractivity (Wildman–Crippen MR) is 140 cm³/mol. The lowest BCUT2D eigenvalue weighted by molar-refractivity contribution is -0.151. The summed E-state index contributed by atoms with van der Waals surface area (Å²) in [6, 6.07) is 5.16. The molecular weight excluding hydrogens is 559 g/mol. The maximum absolute atomic E-state index is 14.1. The number of benzene rings is 1. The SMILES string of the molecule is CCOC(=O)CN1C(=O)C(CCSC)NC12CCN(C(=O)c1cnn(-c3ccc(Cl)cc3)c1C(F)(F)F)CC2. The number of carbonyl (C=O) groups excluding carboxylic acids is 3. The summed E-state index contributed by atoms with van der Waals surface area (Å²) in [7, 11) is 0. The maximum atomic E-state index is 14.1. The first-order valence-corrected chi connectivity index (χ1v) is 14.2. The number of halogens is 4. The van der Waals surface area contributed by atoms with Crippen LogP contribution in [0.15, 0.2) is 30.5 Å². The van der Waals surface area contributed by atoms with Crippen molar-refractivity contribution in [3.8, 4) is 5.69 Å². The number of piperidine rings is 1. The molecule has 1 N–H and O–H groups in total. The molecule has 0 aliphatic carbocycles. The van der Waals surface area contributed by atoms with Gasteiger partial charge >= 0.3 is 12.1 Å². The number of rotatable bonds is 8. The Kier molecular flexibility index (Phi) is 8.82. The molecule has 39 heavy (non-hydrogen) atoms. The summed E-state index contributed by atoms with van der Waals surface area (Å²) in [5.41, 5.74) is -2.53. The van der Waals surface area contributed by atoms with Crippen molar-refractivity contribution in [3.05, 3.63) is 46.7 Å². The zero-order valence-corrected chi connectivity index (χ0v) is 23.0. The number of esters is 1. The van der Waals surface area contributed by atoms with Crippen LogP contribution in [0.5, 0.6) is 0 Å². The highest BCUT2D eigenvalue weighted by Crippen LogP contribution is 2.37. The highest BCUT2D eigenvalue weighted by Gasteiger charge is 2.52. The first-order chi connectivity index (χ1) is 18.5. The van der Waals surface area contributed by atoms with Crippen molar-refractivity contribution in [3.63, 3.8) is 0 Å². The lowest BCUT2D eigenvalue weighted by Crippen LogP contribution is -2.60. The molecule has 14 heteroatoms. The lowest BCUT2D eigenvalue weighted by atomic mass is 9.95. The maximum Gasteiger partial charge on any atom is 0.434 e. The highest BCUT2D eigenvalue weighted by atomic mass is 35.5. The zero-order valence-electron chi connectivity index (χ0n) is 21.5. The van der Waals surface area contributed by atoms with E-state index in [0.717, 1.165) is 11.9 Å². The van der Waals surface area contributed by atoms with Crippen molar-refractivity contribution in [1.29, 1.82) is 0 Å². The standard InChI is InChI=1S/C25H29ClF3N5O4S/c1-3-38-20(35)15-33-23(37)19(8-13-39-2)31-24(33)9-11-32(12-10-24)22(36)18-14-30-34(21(18)25(27,28)29)17-6-4-16(26)5-7-17/h4-7,14,19,31H,3,8-13,15H2,1-2H3. The number of nitrogens with one attached hydrogen (secondary N) is 1. The molecule has 4 rings (SSSR count). The smallest absolute Gasteiger partial charge is 0.434 e. The van der Waals surface area contributed by atoms with E-state index in [4.69, 9.17) is 16.3 Å². The van der Waals surface area contributed by atoms with Crippen LogP contribution in [0.4, 0.5) is 13.2 Å². The molecule has 2 fully saturated rings. The van der Waals surface area contributed by atoms with Gasteiger partial charge in [-0.2, -0.15) is 30.0 Å². The van der Waals surface area contributed by atoms with E-state index < -0.39 is 41.0 Å². The van der Waals surface area contributed by atoms with Crippen LogP contribution in [0, 0.1) is 0 Å². The van der Waals surface area contributed by atoms with Crippen molar-refractivity contribution in [1.82, 2.24) is 24.9 Å². The second-order valence-corrected chi connectivity index (χ2v) is 10.7. The average molecular weight is 588 g/mol. The summed E-state index contributed by atoms with van der Waals surface area (Å²) in [5, 5.41) is 7.58. The summed E-state index contributed by atoms with van der Waals surface area (Å²) >= 11 is 7.46. The van der Waals surface area contributed by atoms with E-state index in [9.17, 15) is 27.6 Å². The van der Waals surface area contributed by atoms with Gasteiger partial charge in [-0.25, -0.2) is 4.68 Å². The predicted octanol–water partition coefficient (Wildman–Crippen LogP) is 3.59. The highest BCUT2D eigenvalue weighted by molar-refractivity contribution is 7.98. The van der Waals surface area contributed by atoms with Crippen LogP contribution >= 0.6 is 23.4 Å². The molecular formula is C25H29ClF3N5O4S. The number of hydrogen-bond acceptors (Lipinski definition) is 7. The van der Waals surface area contributed by atoms with E-state index in [1.807, 2.05) is 6.26 Å². The number of ether oxygens (including phenoxy) is 1. The third kappa shape index (κ3) is 6.04. The zero-order chi connectivity index (χ0) is 28.4. The van der Waals surface area contributed by atoms with E-state index >= 15 is 0 Å². The molecule has 1 aromatic carbocycles. The number of nitrogens with zero attached hydrogens (tertiary/aromatic N) is 4. The number of likely N-dealkylation sites (tertiary alicyclic amines) is 1. The molecule has 0 bridgehead atoms. The van der Waals surface area contributed by atoms with Gasteiger partial charge in [0.1, 0.15) is 6.54 Å². The van der Waals surface area contributed by atoms with Gasteiger partial charge in [-0.3, -0.25) is 19.7 Å². The molecule has 3 heterocycles. The van der Waals surface area contributed by atoms with Crippen molar-refractivity contribution >= 4 is 41.1 Å². The molecule has 1 unspecified atom stereocenters. The first kappa shape index (κ1) is 29.2. The summed E-state index contributed by atoms with van der Waals surface area (Å²) in [4.78, 5) is 41.6. The molecule has 1 spiro atoms. The minimum Gasteiger partial charge on any atom is -0.465 e. The normalized spacial score (nSPS) is 19.1. The second kappa shape index (κ2) is 11.8. The molecule has 1 aromatic heterocycles. The summed E-state index contributed by atoms with van der Waals surface area (Å²) in [6.45, 7) is 1.77. The molecule has 2 amide bonds. The van der Waals surface area contributed by atoms with E-state index in [-0.39, 0.29) is 50.7 Å². The molecule has 9 nitrogen and oxygen atoms in total. The topological polar surface area (TPSA) is 96.8 Å². The van der Waals surface area contributed by atoms with E-state index in [0.29, 0.717) is 16.1 Å². The third-order valence-electron chi connectivity index (χ3n) is 6.94. The largest absolute Gasteiger partial charge is 0.465 e. The minimum atomic E-state index is -4.85. The van der Waals surface area contributed by atoms with Crippen LogP contribution in [0.2, 0.25) is 5.02 Å². The Morgan fingerprint density at radius 2 is 1.90 bits per heavy atom. The van der Waals surface area contributed by atoms with Crippen molar-refractivity contribution < 1.29 is 32.3 Å². The number of alkyl halides is 3. The fourth-order valence-corrected chi connectivity index (χ4v) is 5.68. The molecule has 2 aliphatic rings.